The molecule has 2 aromatic carbocycles. The molecular weight excluding hydrogens is 306 g/mol. The lowest BCUT2D eigenvalue weighted by Crippen LogP contribution is -2.13. The molecule has 0 aliphatic carbocycles. The lowest BCUT2D eigenvalue weighted by Gasteiger charge is -2.13. The molecule has 0 spiro atoms. The summed E-state index contributed by atoms with van der Waals surface area (Å²) in [4.78, 5) is 0.135. The van der Waals surface area contributed by atoms with Crippen molar-refractivity contribution in [2.24, 2.45) is 5.73 Å². The minimum absolute atomic E-state index is 0.135. The Morgan fingerprint density at radius 2 is 1.89 bits per heavy atom. The molecule has 0 saturated heterocycles. The topological polar surface area (TPSA) is 38.0 Å². The molecule has 0 bridgehead atoms. The summed E-state index contributed by atoms with van der Waals surface area (Å²) in [5.74, 6) is -0.432. The highest BCUT2D eigenvalue weighted by atomic mass is 35.5. The van der Waals surface area contributed by atoms with Crippen molar-refractivity contribution in [3.63, 3.8) is 0 Å². The third-order valence-corrected chi connectivity index (χ3v) is 3.21. The molecule has 0 atom stereocenters. The van der Waals surface area contributed by atoms with Crippen LogP contribution in [0.4, 0.5) is 15.8 Å². The number of rotatable bonds is 3. The average Bonchev–Trinajstić information content (AvgIpc) is 2.33. The van der Waals surface area contributed by atoms with Gasteiger partial charge in [-0.05, 0) is 30.3 Å². The van der Waals surface area contributed by atoms with Gasteiger partial charge in [0.2, 0.25) is 0 Å². The summed E-state index contributed by atoms with van der Waals surface area (Å²) in [5, 5.41) is 3.71. The minimum atomic E-state index is -0.432. The average molecular weight is 315 g/mol. The maximum atomic E-state index is 13.7. The van der Waals surface area contributed by atoms with Crippen LogP contribution in [0.2, 0.25) is 10.0 Å². The summed E-state index contributed by atoms with van der Waals surface area (Å²) in [6.45, 7) is 0. The van der Waals surface area contributed by atoms with Crippen molar-refractivity contribution in [2.75, 3.05) is 5.32 Å². The number of benzene rings is 2. The van der Waals surface area contributed by atoms with Crippen LogP contribution < -0.4 is 11.1 Å². The fraction of sp³-hybridized carbons (Fsp3) is 0. The Morgan fingerprint density at radius 1 is 1.16 bits per heavy atom. The summed E-state index contributed by atoms with van der Waals surface area (Å²) >= 11 is 16.8. The Bertz CT molecular complexity index is 647. The van der Waals surface area contributed by atoms with Crippen LogP contribution in [-0.2, 0) is 0 Å². The zero-order valence-electron chi connectivity index (χ0n) is 9.58. The van der Waals surface area contributed by atoms with Gasteiger partial charge in [-0.25, -0.2) is 4.39 Å². The lowest BCUT2D eigenvalue weighted by molar-refractivity contribution is 0.632. The monoisotopic (exact) mass is 314 g/mol. The first-order valence-corrected chi connectivity index (χ1v) is 6.46. The van der Waals surface area contributed by atoms with Gasteiger partial charge in [-0.1, -0.05) is 41.5 Å². The van der Waals surface area contributed by atoms with Crippen LogP contribution in [0.1, 0.15) is 5.56 Å². The molecule has 0 unspecified atom stereocenters. The second-order valence-corrected chi connectivity index (χ2v) is 5.06. The number of hydrogen-bond acceptors (Lipinski definition) is 2. The third-order valence-electron chi connectivity index (χ3n) is 2.46. The number of hydrogen-bond donors (Lipinski definition) is 2. The van der Waals surface area contributed by atoms with Gasteiger partial charge in [-0.15, -0.1) is 0 Å². The van der Waals surface area contributed by atoms with Crippen LogP contribution in [0.15, 0.2) is 36.4 Å². The van der Waals surface area contributed by atoms with Crippen molar-refractivity contribution < 1.29 is 4.39 Å². The van der Waals surface area contributed by atoms with Gasteiger partial charge in [-0.2, -0.15) is 0 Å². The lowest BCUT2D eigenvalue weighted by atomic mass is 10.1. The Kier molecular flexibility index (Phi) is 4.24. The molecule has 2 aromatic rings. The normalized spacial score (nSPS) is 10.3. The van der Waals surface area contributed by atoms with E-state index >= 15 is 0 Å². The standard InChI is InChI=1S/C13H9Cl2FN2S/c14-7-4-5-9(16)11(6-7)18-10-3-1-2-8(15)12(10)13(17)19/h1-6,18H,(H2,17,19). The predicted octanol–water partition coefficient (Wildman–Crippen LogP) is 4.51. The zero-order valence-corrected chi connectivity index (χ0v) is 11.9. The Balaban J connectivity index is 2.46. The Hall–Kier alpha value is -1.36. The molecule has 0 aromatic heterocycles. The number of nitrogens with one attached hydrogen (secondary N) is 1. The van der Waals surface area contributed by atoms with E-state index in [9.17, 15) is 4.39 Å². The third kappa shape index (κ3) is 3.15. The second kappa shape index (κ2) is 5.74. The van der Waals surface area contributed by atoms with Crippen molar-refractivity contribution in [3.05, 3.63) is 57.8 Å². The number of nitrogens with two attached hydrogens (primary N) is 1. The molecule has 2 nitrogen and oxygen atoms in total. The van der Waals surface area contributed by atoms with Crippen LogP contribution in [0.3, 0.4) is 0 Å². The van der Waals surface area contributed by atoms with E-state index < -0.39 is 5.82 Å². The van der Waals surface area contributed by atoms with Crippen LogP contribution in [0.25, 0.3) is 0 Å². The molecule has 0 aliphatic heterocycles. The summed E-state index contributed by atoms with van der Waals surface area (Å²) in [6.07, 6.45) is 0. The van der Waals surface area contributed by atoms with Crippen molar-refractivity contribution in [1.29, 1.82) is 0 Å². The highest BCUT2D eigenvalue weighted by molar-refractivity contribution is 7.80. The molecule has 0 heterocycles. The summed E-state index contributed by atoms with van der Waals surface area (Å²) < 4.78 is 13.7. The first kappa shape index (κ1) is 14.1. The summed E-state index contributed by atoms with van der Waals surface area (Å²) in [5.41, 5.74) is 6.85. The van der Waals surface area contributed by atoms with Crippen molar-refractivity contribution in [2.45, 2.75) is 0 Å². The van der Waals surface area contributed by atoms with Gasteiger partial charge in [0.05, 0.1) is 22.0 Å². The van der Waals surface area contributed by atoms with Gasteiger partial charge in [-0.3, -0.25) is 0 Å². The molecule has 0 aliphatic rings. The Morgan fingerprint density at radius 3 is 2.58 bits per heavy atom. The molecule has 0 saturated carbocycles. The highest BCUT2D eigenvalue weighted by Gasteiger charge is 2.11. The molecule has 0 radical (unpaired) electrons. The number of thiocarbonyl (C=S) groups is 1. The molecular formula is C13H9Cl2FN2S. The number of halogens is 3. The van der Waals surface area contributed by atoms with E-state index in [4.69, 9.17) is 41.2 Å². The smallest absolute Gasteiger partial charge is 0.146 e. The summed E-state index contributed by atoms with van der Waals surface area (Å²) in [7, 11) is 0. The fourth-order valence-corrected chi connectivity index (χ4v) is 2.34. The van der Waals surface area contributed by atoms with Crippen molar-refractivity contribution in [3.8, 4) is 0 Å². The van der Waals surface area contributed by atoms with Crippen LogP contribution in [0.5, 0.6) is 0 Å². The van der Waals surface area contributed by atoms with Gasteiger partial charge in [0.15, 0.2) is 0 Å². The van der Waals surface area contributed by atoms with Crippen LogP contribution >= 0.6 is 35.4 Å². The minimum Gasteiger partial charge on any atom is -0.389 e. The molecule has 0 fully saturated rings. The van der Waals surface area contributed by atoms with E-state index in [-0.39, 0.29) is 10.7 Å². The van der Waals surface area contributed by atoms with E-state index in [2.05, 4.69) is 5.32 Å². The van der Waals surface area contributed by atoms with Crippen LogP contribution in [-0.4, -0.2) is 4.99 Å². The van der Waals surface area contributed by atoms with Gasteiger partial charge < -0.3 is 11.1 Å². The number of anilines is 2. The largest absolute Gasteiger partial charge is 0.389 e. The van der Waals surface area contributed by atoms with Crippen LogP contribution in [0, 0.1) is 5.82 Å². The second-order valence-electron chi connectivity index (χ2n) is 3.78. The molecule has 0 amide bonds. The van der Waals surface area contributed by atoms with E-state index in [0.717, 1.165) is 0 Å². The predicted molar refractivity (Wildman–Crippen MR) is 82.0 cm³/mol. The quantitative estimate of drug-likeness (QED) is 0.819. The van der Waals surface area contributed by atoms with Gasteiger partial charge in [0.1, 0.15) is 10.8 Å². The van der Waals surface area contributed by atoms with E-state index in [1.807, 2.05) is 0 Å². The molecule has 2 rings (SSSR count). The SMILES string of the molecule is NC(=S)c1c(Cl)cccc1Nc1cc(Cl)ccc1F. The first-order valence-electron chi connectivity index (χ1n) is 5.29. The van der Waals surface area contributed by atoms with Gasteiger partial charge >= 0.3 is 0 Å². The molecule has 6 heteroatoms. The maximum absolute atomic E-state index is 13.7. The van der Waals surface area contributed by atoms with E-state index in [1.54, 1.807) is 18.2 Å². The fourth-order valence-electron chi connectivity index (χ4n) is 1.62. The van der Waals surface area contributed by atoms with E-state index in [0.29, 0.717) is 21.3 Å². The molecule has 98 valence electrons. The molecule has 3 N–H and O–H groups in total. The van der Waals surface area contributed by atoms with Gasteiger partial charge in [0.25, 0.3) is 0 Å². The Labute approximate surface area is 125 Å². The van der Waals surface area contributed by atoms with E-state index in [1.165, 1.54) is 18.2 Å². The first-order chi connectivity index (χ1) is 8.99. The van der Waals surface area contributed by atoms with Crippen molar-refractivity contribution >= 4 is 51.8 Å². The summed E-state index contributed by atoms with van der Waals surface area (Å²) in [6, 6.07) is 9.30. The maximum Gasteiger partial charge on any atom is 0.146 e. The zero-order chi connectivity index (χ0) is 14.0. The van der Waals surface area contributed by atoms with Gasteiger partial charge in [0, 0.05) is 5.02 Å². The van der Waals surface area contributed by atoms with Crippen molar-refractivity contribution in [1.82, 2.24) is 0 Å². The highest BCUT2D eigenvalue weighted by Crippen LogP contribution is 2.29. The molecule has 19 heavy (non-hydrogen) atoms.